The summed E-state index contributed by atoms with van der Waals surface area (Å²) in [5.74, 6) is 0. The van der Waals surface area contributed by atoms with Crippen molar-refractivity contribution in [2.45, 2.75) is 34.8 Å². The van der Waals surface area contributed by atoms with E-state index >= 15 is 0 Å². The average Bonchev–Trinajstić information content (AvgIpc) is 1.81. The molecular formula is C8H18OS4. The normalized spacial score (nSPS) is 13.4. The highest BCUT2D eigenvalue weighted by Crippen LogP contribution is 2.24. The topological polar surface area (TPSA) is 9.23 Å². The lowest BCUT2D eigenvalue weighted by Gasteiger charge is -2.18. The fraction of sp³-hybridized carbons (Fsp3) is 1.00. The molecule has 0 aromatic heterocycles. The first-order valence-electron chi connectivity index (χ1n) is 4.18. The van der Waals surface area contributed by atoms with Gasteiger partial charge in [0, 0.05) is 13.2 Å². The maximum Gasteiger partial charge on any atom is 0.0545 e. The van der Waals surface area contributed by atoms with E-state index in [-0.39, 0.29) is 8.16 Å². The minimum atomic E-state index is -0.245. The molecule has 0 atom stereocenters. The van der Waals surface area contributed by atoms with Gasteiger partial charge in [0.25, 0.3) is 0 Å². The van der Waals surface area contributed by atoms with Crippen LogP contribution in [-0.4, -0.2) is 21.4 Å². The van der Waals surface area contributed by atoms with Crippen LogP contribution in [0.15, 0.2) is 0 Å². The van der Waals surface area contributed by atoms with Gasteiger partial charge in [-0.2, -0.15) is 50.5 Å². The number of ether oxygens (including phenoxy) is 1. The summed E-state index contributed by atoms with van der Waals surface area (Å²) in [5, 5.41) is 0. The van der Waals surface area contributed by atoms with E-state index in [4.69, 9.17) is 4.74 Å². The SMILES string of the molecule is CC(S)(S)CCOCCC(C)(S)S. The quantitative estimate of drug-likeness (QED) is 0.325. The number of hydrogen-bond acceptors (Lipinski definition) is 5. The van der Waals surface area contributed by atoms with E-state index in [0.717, 1.165) is 12.8 Å². The van der Waals surface area contributed by atoms with E-state index in [1.54, 1.807) is 0 Å². The Bertz CT molecular complexity index is 120. The zero-order chi connectivity index (χ0) is 10.5. The molecule has 1 nitrogen and oxygen atoms in total. The Morgan fingerprint density at radius 2 is 1.15 bits per heavy atom. The van der Waals surface area contributed by atoms with Gasteiger partial charge in [-0.15, -0.1) is 0 Å². The van der Waals surface area contributed by atoms with Crippen LogP contribution in [0.4, 0.5) is 0 Å². The van der Waals surface area contributed by atoms with Crippen LogP contribution >= 0.6 is 50.5 Å². The third-order valence-electron chi connectivity index (χ3n) is 1.44. The van der Waals surface area contributed by atoms with Crippen molar-refractivity contribution in [1.82, 2.24) is 0 Å². The first-order valence-corrected chi connectivity index (χ1v) is 5.97. The molecule has 80 valence electrons. The monoisotopic (exact) mass is 258 g/mol. The lowest BCUT2D eigenvalue weighted by Crippen LogP contribution is -2.14. The fourth-order valence-corrected chi connectivity index (χ4v) is 0.998. The lowest BCUT2D eigenvalue weighted by molar-refractivity contribution is 0.127. The highest BCUT2D eigenvalue weighted by Gasteiger charge is 2.14. The molecule has 0 aliphatic heterocycles. The molecule has 0 saturated carbocycles. The Hall–Kier alpha value is 1.36. The molecule has 0 aromatic rings. The minimum Gasteiger partial charge on any atom is -0.381 e. The van der Waals surface area contributed by atoms with Crippen LogP contribution in [0.5, 0.6) is 0 Å². The van der Waals surface area contributed by atoms with Crippen molar-refractivity contribution < 1.29 is 4.74 Å². The van der Waals surface area contributed by atoms with Crippen molar-refractivity contribution in [2.75, 3.05) is 13.2 Å². The molecule has 0 N–H and O–H groups in total. The molecule has 0 heterocycles. The molecule has 0 aromatic carbocycles. The summed E-state index contributed by atoms with van der Waals surface area (Å²) < 4.78 is 4.90. The smallest absolute Gasteiger partial charge is 0.0545 e. The van der Waals surface area contributed by atoms with Crippen LogP contribution in [0.25, 0.3) is 0 Å². The summed E-state index contributed by atoms with van der Waals surface area (Å²) in [6.07, 6.45) is 1.66. The molecule has 0 saturated heterocycles. The summed E-state index contributed by atoms with van der Waals surface area (Å²) in [6.45, 7) is 5.26. The van der Waals surface area contributed by atoms with Crippen molar-refractivity contribution in [2.24, 2.45) is 0 Å². The van der Waals surface area contributed by atoms with Crippen LogP contribution < -0.4 is 0 Å². The summed E-state index contributed by atoms with van der Waals surface area (Å²) >= 11 is 17.1. The minimum absolute atomic E-state index is 0.245. The van der Waals surface area contributed by atoms with E-state index < -0.39 is 0 Å². The Kier molecular flexibility index (Phi) is 6.69. The van der Waals surface area contributed by atoms with Gasteiger partial charge in [0.2, 0.25) is 0 Å². The largest absolute Gasteiger partial charge is 0.381 e. The summed E-state index contributed by atoms with van der Waals surface area (Å²) in [6, 6.07) is 0. The number of thiol groups is 4. The second-order valence-corrected chi connectivity index (χ2v) is 8.20. The van der Waals surface area contributed by atoms with Crippen LogP contribution in [0.1, 0.15) is 26.7 Å². The Morgan fingerprint density at radius 3 is 1.38 bits per heavy atom. The van der Waals surface area contributed by atoms with Gasteiger partial charge in [-0.1, -0.05) is 0 Å². The van der Waals surface area contributed by atoms with Gasteiger partial charge in [-0.25, -0.2) is 0 Å². The number of hydrogen-bond donors (Lipinski definition) is 4. The van der Waals surface area contributed by atoms with Crippen LogP contribution in [0.2, 0.25) is 0 Å². The second-order valence-electron chi connectivity index (χ2n) is 3.55. The van der Waals surface area contributed by atoms with Gasteiger partial charge in [0.05, 0.1) is 8.16 Å². The summed E-state index contributed by atoms with van der Waals surface area (Å²) in [5.41, 5.74) is 0. The van der Waals surface area contributed by atoms with E-state index in [1.165, 1.54) is 0 Å². The van der Waals surface area contributed by atoms with Crippen LogP contribution in [-0.2, 0) is 4.74 Å². The zero-order valence-corrected chi connectivity index (χ0v) is 11.6. The lowest BCUT2D eigenvalue weighted by atomic mass is 10.3. The maximum atomic E-state index is 5.39. The predicted molar refractivity (Wildman–Crippen MR) is 72.8 cm³/mol. The highest BCUT2D eigenvalue weighted by atomic mass is 32.2. The highest BCUT2D eigenvalue weighted by molar-refractivity contribution is 8.00. The van der Waals surface area contributed by atoms with Crippen LogP contribution in [0.3, 0.4) is 0 Å². The van der Waals surface area contributed by atoms with Gasteiger partial charge in [-0.3, -0.25) is 0 Å². The van der Waals surface area contributed by atoms with Gasteiger partial charge in [-0.05, 0) is 26.7 Å². The Labute approximate surface area is 103 Å². The molecule has 0 fully saturated rings. The second kappa shape index (κ2) is 6.05. The standard InChI is InChI=1S/C8H18OS4/c1-7(10,11)3-5-9-6-4-8(2,12)13/h10-13H,3-6H2,1-2H3. The van der Waals surface area contributed by atoms with Crippen molar-refractivity contribution in [3.8, 4) is 0 Å². The van der Waals surface area contributed by atoms with Gasteiger partial charge < -0.3 is 4.74 Å². The van der Waals surface area contributed by atoms with E-state index in [9.17, 15) is 0 Å². The zero-order valence-electron chi connectivity index (χ0n) is 8.03. The van der Waals surface area contributed by atoms with Crippen molar-refractivity contribution in [1.29, 1.82) is 0 Å². The third kappa shape index (κ3) is 13.4. The average molecular weight is 258 g/mol. The molecule has 5 heteroatoms. The Morgan fingerprint density at radius 1 is 0.846 bits per heavy atom. The van der Waals surface area contributed by atoms with Crippen molar-refractivity contribution >= 4 is 50.5 Å². The van der Waals surface area contributed by atoms with Gasteiger partial charge >= 0.3 is 0 Å². The Balaban J connectivity index is 3.28. The van der Waals surface area contributed by atoms with Crippen molar-refractivity contribution in [3.05, 3.63) is 0 Å². The molecule has 13 heavy (non-hydrogen) atoms. The first kappa shape index (κ1) is 14.4. The number of rotatable bonds is 6. The predicted octanol–water partition coefficient (Wildman–Crippen LogP) is 2.93. The first-order chi connectivity index (χ1) is 5.71. The van der Waals surface area contributed by atoms with Crippen molar-refractivity contribution in [3.63, 3.8) is 0 Å². The molecule has 0 rings (SSSR count). The molecule has 0 aliphatic carbocycles. The molecule has 0 radical (unpaired) electrons. The molecule has 0 aliphatic rings. The van der Waals surface area contributed by atoms with E-state index in [1.807, 2.05) is 13.8 Å². The molecule has 0 spiro atoms. The van der Waals surface area contributed by atoms with E-state index in [0.29, 0.717) is 13.2 Å². The van der Waals surface area contributed by atoms with E-state index in [2.05, 4.69) is 50.5 Å². The molecule has 0 bridgehead atoms. The van der Waals surface area contributed by atoms with Crippen LogP contribution in [0, 0.1) is 0 Å². The third-order valence-corrected chi connectivity index (χ3v) is 2.33. The summed E-state index contributed by atoms with van der Waals surface area (Å²) in [4.78, 5) is 0. The molecular weight excluding hydrogens is 240 g/mol. The summed E-state index contributed by atoms with van der Waals surface area (Å²) in [7, 11) is 0. The maximum absolute atomic E-state index is 5.39. The molecule has 0 amide bonds. The fourth-order valence-electron chi connectivity index (χ4n) is 0.633. The van der Waals surface area contributed by atoms with Gasteiger partial charge in [0.15, 0.2) is 0 Å². The van der Waals surface area contributed by atoms with Gasteiger partial charge in [0.1, 0.15) is 0 Å². The molecule has 0 unspecified atom stereocenters.